The molecule has 3 rings (SSSR count). The molecule has 0 aromatic heterocycles. The molecule has 0 N–H and O–H groups in total. The molecule has 2 fully saturated rings. The first-order chi connectivity index (χ1) is 9.72. The molecule has 0 radical (unpaired) electrons. The van der Waals surface area contributed by atoms with Gasteiger partial charge in [0.25, 0.3) is 0 Å². The van der Waals surface area contributed by atoms with Crippen LogP contribution < -0.4 is 0 Å². The quantitative estimate of drug-likeness (QED) is 0.764. The summed E-state index contributed by atoms with van der Waals surface area (Å²) in [5.74, 6) is 1.61. The van der Waals surface area contributed by atoms with Gasteiger partial charge in [-0.3, -0.25) is 4.79 Å². The number of rotatable bonds is 3. The van der Waals surface area contributed by atoms with Gasteiger partial charge in [-0.15, -0.1) is 0 Å². The summed E-state index contributed by atoms with van der Waals surface area (Å²) in [6, 6.07) is 10.6. The number of hydrogen-bond acceptors (Lipinski definition) is 1. The smallest absolute Gasteiger partial charge is 0.146 e. The van der Waals surface area contributed by atoms with Gasteiger partial charge in [-0.1, -0.05) is 62.9 Å². The van der Waals surface area contributed by atoms with Crippen molar-refractivity contribution in [3.05, 3.63) is 35.9 Å². The fourth-order valence-electron chi connectivity index (χ4n) is 4.48. The molecule has 0 spiro atoms. The van der Waals surface area contributed by atoms with Gasteiger partial charge in [0, 0.05) is 5.92 Å². The van der Waals surface area contributed by atoms with E-state index < -0.39 is 0 Å². The van der Waals surface area contributed by atoms with Gasteiger partial charge in [-0.05, 0) is 37.2 Å². The molecule has 1 nitrogen and oxygen atoms in total. The molecule has 1 heteroatoms. The minimum Gasteiger partial charge on any atom is -0.298 e. The summed E-state index contributed by atoms with van der Waals surface area (Å²) in [7, 11) is 0. The molecule has 2 aliphatic rings. The summed E-state index contributed by atoms with van der Waals surface area (Å²) in [6.45, 7) is 2.31. The molecule has 2 atom stereocenters. The number of Topliss-reactive ketones (excluding diaryl/α,β-unsaturated/α-hetero) is 1. The Kier molecular flexibility index (Phi) is 3.96. The first-order valence-corrected chi connectivity index (χ1v) is 8.32. The SMILES string of the molecule is CC1CCCC(C(=O)C2(c3ccccc3)CCCC2)C1. The average molecular weight is 270 g/mol. The highest BCUT2D eigenvalue weighted by atomic mass is 16.1. The fraction of sp³-hybridized carbons (Fsp3) is 0.632. The zero-order valence-electron chi connectivity index (χ0n) is 12.6. The molecule has 2 unspecified atom stereocenters. The van der Waals surface area contributed by atoms with E-state index in [9.17, 15) is 4.79 Å². The monoisotopic (exact) mass is 270 g/mol. The van der Waals surface area contributed by atoms with Crippen molar-refractivity contribution in [1.29, 1.82) is 0 Å². The van der Waals surface area contributed by atoms with Crippen molar-refractivity contribution >= 4 is 5.78 Å². The van der Waals surface area contributed by atoms with Crippen LogP contribution in [0, 0.1) is 11.8 Å². The van der Waals surface area contributed by atoms with E-state index >= 15 is 0 Å². The van der Waals surface area contributed by atoms with Gasteiger partial charge in [0.2, 0.25) is 0 Å². The molecule has 1 aromatic rings. The summed E-state index contributed by atoms with van der Waals surface area (Å²) < 4.78 is 0. The molecule has 0 bridgehead atoms. The zero-order valence-corrected chi connectivity index (χ0v) is 12.6. The molecule has 0 amide bonds. The number of benzene rings is 1. The molecule has 0 aliphatic heterocycles. The number of ketones is 1. The summed E-state index contributed by atoms with van der Waals surface area (Å²) in [4.78, 5) is 13.3. The van der Waals surface area contributed by atoms with Crippen LogP contribution in [0.25, 0.3) is 0 Å². The Balaban J connectivity index is 1.89. The van der Waals surface area contributed by atoms with Gasteiger partial charge in [0.1, 0.15) is 5.78 Å². The Bertz CT molecular complexity index is 456. The molecule has 20 heavy (non-hydrogen) atoms. The van der Waals surface area contributed by atoms with Gasteiger partial charge in [0.05, 0.1) is 5.41 Å². The van der Waals surface area contributed by atoms with Gasteiger partial charge >= 0.3 is 0 Å². The molecule has 0 heterocycles. The standard InChI is InChI=1S/C19H26O/c1-15-8-7-9-16(14-15)18(20)19(12-5-6-13-19)17-10-3-2-4-11-17/h2-4,10-11,15-16H,5-9,12-14H2,1H3. The minimum absolute atomic E-state index is 0.150. The Morgan fingerprint density at radius 3 is 2.40 bits per heavy atom. The Hall–Kier alpha value is -1.11. The highest BCUT2D eigenvalue weighted by molar-refractivity contribution is 5.92. The first-order valence-electron chi connectivity index (χ1n) is 8.32. The number of carbonyl (C=O) groups excluding carboxylic acids is 1. The number of carbonyl (C=O) groups is 1. The summed E-state index contributed by atoms with van der Waals surface area (Å²) in [5, 5.41) is 0. The maximum atomic E-state index is 13.3. The predicted molar refractivity (Wildman–Crippen MR) is 82.7 cm³/mol. The molecular formula is C19H26O. The van der Waals surface area contributed by atoms with Crippen molar-refractivity contribution < 1.29 is 4.79 Å². The van der Waals surface area contributed by atoms with Crippen molar-refractivity contribution in [2.45, 2.75) is 63.7 Å². The molecule has 2 saturated carbocycles. The third-order valence-electron chi connectivity index (χ3n) is 5.56. The van der Waals surface area contributed by atoms with E-state index in [1.165, 1.54) is 31.2 Å². The van der Waals surface area contributed by atoms with Crippen LogP contribution in [0.1, 0.15) is 63.9 Å². The van der Waals surface area contributed by atoms with E-state index in [0.29, 0.717) is 11.7 Å². The van der Waals surface area contributed by atoms with E-state index in [-0.39, 0.29) is 5.41 Å². The van der Waals surface area contributed by atoms with Crippen molar-refractivity contribution in [3.8, 4) is 0 Å². The van der Waals surface area contributed by atoms with E-state index in [4.69, 9.17) is 0 Å². The second-order valence-corrected chi connectivity index (χ2v) is 6.99. The predicted octanol–water partition coefficient (Wildman–Crippen LogP) is 4.89. The summed E-state index contributed by atoms with van der Waals surface area (Å²) in [5.41, 5.74) is 1.13. The number of hydrogen-bond donors (Lipinski definition) is 0. The van der Waals surface area contributed by atoms with Gasteiger partial charge in [-0.25, -0.2) is 0 Å². The molecule has 1 aromatic carbocycles. The van der Waals surface area contributed by atoms with Gasteiger partial charge in [0.15, 0.2) is 0 Å². The van der Waals surface area contributed by atoms with Crippen molar-refractivity contribution in [3.63, 3.8) is 0 Å². The van der Waals surface area contributed by atoms with Crippen LogP contribution in [0.5, 0.6) is 0 Å². The topological polar surface area (TPSA) is 17.1 Å². The van der Waals surface area contributed by atoms with Crippen LogP contribution in [-0.2, 0) is 10.2 Å². The van der Waals surface area contributed by atoms with Crippen LogP contribution in [0.2, 0.25) is 0 Å². The minimum atomic E-state index is -0.150. The average Bonchev–Trinajstić information content (AvgIpc) is 2.98. The second kappa shape index (κ2) is 5.71. The lowest BCUT2D eigenvalue weighted by Crippen LogP contribution is -2.39. The first kappa shape index (κ1) is 13.9. The Morgan fingerprint density at radius 1 is 1.05 bits per heavy atom. The third kappa shape index (κ3) is 2.43. The van der Waals surface area contributed by atoms with E-state index in [1.54, 1.807) is 0 Å². The molecule has 2 aliphatic carbocycles. The Labute approximate surface area is 122 Å². The lowest BCUT2D eigenvalue weighted by atomic mass is 9.67. The second-order valence-electron chi connectivity index (χ2n) is 6.99. The van der Waals surface area contributed by atoms with Crippen LogP contribution in [-0.4, -0.2) is 5.78 Å². The maximum absolute atomic E-state index is 13.3. The lowest BCUT2D eigenvalue weighted by Gasteiger charge is -2.35. The summed E-state index contributed by atoms with van der Waals surface area (Å²) >= 11 is 0. The van der Waals surface area contributed by atoms with Crippen LogP contribution in [0.4, 0.5) is 0 Å². The largest absolute Gasteiger partial charge is 0.298 e. The highest BCUT2D eigenvalue weighted by Crippen LogP contribution is 2.46. The van der Waals surface area contributed by atoms with E-state index in [2.05, 4.69) is 37.3 Å². The van der Waals surface area contributed by atoms with Crippen LogP contribution in [0.3, 0.4) is 0 Å². The van der Waals surface area contributed by atoms with Crippen molar-refractivity contribution in [2.24, 2.45) is 11.8 Å². The Morgan fingerprint density at radius 2 is 1.75 bits per heavy atom. The fourth-order valence-corrected chi connectivity index (χ4v) is 4.48. The highest BCUT2D eigenvalue weighted by Gasteiger charge is 2.45. The normalized spacial score (nSPS) is 29.2. The lowest BCUT2D eigenvalue weighted by molar-refractivity contribution is -0.130. The molecular weight excluding hydrogens is 244 g/mol. The third-order valence-corrected chi connectivity index (χ3v) is 5.56. The van der Waals surface area contributed by atoms with Gasteiger partial charge in [-0.2, -0.15) is 0 Å². The van der Waals surface area contributed by atoms with Crippen LogP contribution >= 0.6 is 0 Å². The molecule has 0 saturated heterocycles. The van der Waals surface area contributed by atoms with Crippen LogP contribution in [0.15, 0.2) is 30.3 Å². The van der Waals surface area contributed by atoms with E-state index in [0.717, 1.165) is 31.6 Å². The maximum Gasteiger partial charge on any atom is 0.146 e. The zero-order chi connectivity index (χ0) is 14.0. The van der Waals surface area contributed by atoms with Gasteiger partial charge < -0.3 is 0 Å². The van der Waals surface area contributed by atoms with Crippen molar-refractivity contribution in [2.75, 3.05) is 0 Å². The van der Waals surface area contributed by atoms with E-state index in [1.807, 2.05) is 0 Å². The molecule has 108 valence electrons. The summed E-state index contributed by atoms with van der Waals surface area (Å²) in [6.07, 6.45) is 9.35. The van der Waals surface area contributed by atoms with Crippen molar-refractivity contribution in [1.82, 2.24) is 0 Å².